The minimum absolute atomic E-state index is 0.265. The minimum atomic E-state index is -0.265. The molecule has 1 fully saturated rings. The Labute approximate surface area is 126 Å². The number of ether oxygens (including phenoxy) is 1. The van der Waals surface area contributed by atoms with Crippen molar-refractivity contribution in [3.8, 4) is 5.69 Å². The number of aromatic nitrogens is 3. The highest BCUT2D eigenvalue weighted by Crippen LogP contribution is 2.26. The van der Waals surface area contributed by atoms with Crippen molar-refractivity contribution in [2.45, 2.75) is 18.1 Å². The van der Waals surface area contributed by atoms with Gasteiger partial charge in [-0.2, -0.15) is 0 Å². The summed E-state index contributed by atoms with van der Waals surface area (Å²) in [6, 6.07) is 6.27. The number of nitrogens with zero attached hydrogens (tertiary/aromatic N) is 3. The Bertz CT molecular complexity index is 596. The van der Waals surface area contributed by atoms with Crippen LogP contribution >= 0.6 is 11.8 Å². The van der Waals surface area contributed by atoms with Crippen molar-refractivity contribution >= 4 is 11.8 Å². The maximum Gasteiger partial charge on any atom is 0.195 e. The summed E-state index contributed by atoms with van der Waals surface area (Å²) in [5, 5.41) is 9.11. The maximum absolute atomic E-state index is 13.1. The first-order valence-electron chi connectivity index (χ1n) is 6.89. The quantitative estimate of drug-likeness (QED) is 0.856. The average Bonchev–Trinajstić information content (AvgIpc) is 3.15. The van der Waals surface area contributed by atoms with E-state index >= 15 is 0 Å². The molecule has 2 N–H and O–H groups in total. The number of rotatable bonds is 5. The van der Waals surface area contributed by atoms with E-state index < -0.39 is 0 Å². The van der Waals surface area contributed by atoms with Gasteiger partial charge < -0.3 is 10.5 Å². The van der Waals surface area contributed by atoms with Crippen molar-refractivity contribution in [1.82, 2.24) is 14.8 Å². The molecular weight excluding hydrogens is 291 g/mol. The highest BCUT2D eigenvalue weighted by Gasteiger charge is 2.19. The first kappa shape index (κ1) is 14.5. The molecule has 1 aromatic carbocycles. The third-order valence-corrected chi connectivity index (χ3v) is 4.60. The minimum Gasteiger partial charge on any atom is -0.381 e. The van der Waals surface area contributed by atoms with Gasteiger partial charge in [-0.25, -0.2) is 4.39 Å². The third kappa shape index (κ3) is 3.25. The zero-order valence-corrected chi connectivity index (χ0v) is 12.4. The van der Waals surface area contributed by atoms with Crippen molar-refractivity contribution in [2.24, 2.45) is 11.7 Å². The van der Waals surface area contributed by atoms with E-state index in [2.05, 4.69) is 10.2 Å². The van der Waals surface area contributed by atoms with Crippen molar-refractivity contribution in [3.05, 3.63) is 35.9 Å². The van der Waals surface area contributed by atoms with Gasteiger partial charge in [-0.1, -0.05) is 11.8 Å². The van der Waals surface area contributed by atoms with Gasteiger partial charge in [-0.3, -0.25) is 4.57 Å². The lowest BCUT2D eigenvalue weighted by molar-refractivity contribution is 0.189. The Morgan fingerprint density at radius 3 is 2.81 bits per heavy atom. The molecule has 1 saturated heterocycles. The monoisotopic (exact) mass is 308 g/mol. The third-order valence-electron chi connectivity index (χ3n) is 3.44. The molecule has 1 aliphatic rings. The van der Waals surface area contributed by atoms with Crippen LogP contribution < -0.4 is 5.73 Å². The number of benzene rings is 1. The van der Waals surface area contributed by atoms with Crippen molar-refractivity contribution < 1.29 is 9.13 Å². The van der Waals surface area contributed by atoms with Crippen LogP contribution in [0.4, 0.5) is 4.39 Å². The fraction of sp³-hybridized carbons (Fsp3) is 0.429. The van der Waals surface area contributed by atoms with E-state index in [9.17, 15) is 4.39 Å². The lowest BCUT2D eigenvalue weighted by atomic mass is 10.2. The second kappa shape index (κ2) is 6.55. The van der Waals surface area contributed by atoms with E-state index in [-0.39, 0.29) is 12.4 Å². The molecule has 2 aromatic rings. The standard InChI is InChI=1S/C14H17FN4OS/c15-11-1-3-12(4-2-11)19-13(7-16)17-18-14(19)21-9-10-5-6-20-8-10/h1-4,10H,5-9,16H2/t10-/m1/s1. The van der Waals surface area contributed by atoms with Crippen molar-refractivity contribution in [2.75, 3.05) is 19.0 Å². The summed E-state index contributed by atoms with van der Waals surface area (Å²) in [6.45, 7) is 1.93. The molecule has 0 spiro atoms. The lowest BCUT2D eigenvalue weighted by Crippen LogP contribution is -2.09. The number of hydrogen-bond acceptors (Lipinski definition) is 5. The molecule has 0 amide bonds. The second-order valence-electron chi connectivity index (χ2n) is 4.96. The summed E-state index contributed by atoms with van der Waals surface area (Å²) in [4.78, 5) is 0. The summed E-state index contributed by atoms with van der Waals surface area (Å²) in [5.74, 6) is 1.89. The maximum atomic E-state index is 13.1. The highest BCUT2D eigenvalue weighted by atomic mass is 32.2. The zero-order valence-electron chi connectivity index (χ0n) is 11.5. The van der Waals surface area contributed by atoms with E-state index in [4.69, 9.17) is 10.5 Å². The van der Waals surface area contributed by atoms with E-state index in [1.807, 2.05) is 4.57 Å². The van der Waals surface area contributed by atoms with Crippen molar-refractivity contribution in [1.29, 1.82) is 0 Å². The Kier molecular flexibility index (Phi) is 4.52. The summed E-state index contributed by atoms with van der Waals surface area (Å²) in [6.07, 6.45) is 1.08. The normalized spacial score (nSPS) is 18.3. The molecular formula is C14H17FN4OS. The van der Waals surface area contributed by atoms with Crippen LogP contribution in [0.3, 0.4) is 0 Å². The van der Waals surface area contributed by atoms with Crippen LogP contribution in [-0.4, -0.2) is 33.7 Å². The molecule has 21 heavy (non-hydrogen) atoms. The van der Waals surface area contributed by atoms with E-state index in [0.29, 0.717) is 11.7 Å². The first-order chi connectivity index (χ1) is 10.3. The predicted octanol–water partition coefficient (Wildman–Crippen LogP) is 1.99. The zero-order chi connectivity index (χ0) is 14.7. The Balaban J connectivity index is 1.83. The van der Waals surface area contributed by atoms with Crippen LogP contribution in [-0.2, 0) is 11.3 Å². The summed E-state index contributed by atoms with van der Waals surface area (Å²) < 4.78 is 20.4. The van der Waals surface area contributed by atoms with Gasteiger partial charge in [-0.05, 0) is 36.6 Å². The summed E-state index contributed by atoms with van der Waals surface area (Å²) >= 11 is 1.64. The smallest absolute Gasteiger partial charge is 0.195 e. The van der Waals surface area contributed by atoms with E-state index in [1.165, 1.54) is 12.1 Å². The molecule has 7 heteroatoms. The predicted molar refractivity (Wildman–Crippen MR) is 78.9 cm³/mol. The molecule has 5 nitrogen and oxygen atoms in total. The fourth-order valence-corrected chi connectivity index (χ4v) is 3.37. The van der Waals surface area contributed by atoms with Crippen LogP contribution in [0.25, 0.3) is 5.69 Å². The lowest BCUT2D eigenvalue weighted by Gasteiger charge is -2.10. The molecule has 0 unspecified atom stereocenters. The number of thioether (sulfide) groups is 1. The van der Waals surface area contributed by atoms with Crippen LogP contribution in [0.2, 0.25) is 0 Å². The number of hydrogen-bond donors (Lipinski definition) is 1. The van der Waals surface area contributed by atoms with Crippen molar-refractivity contribution in [3.63, 3.8) is 0 Å². The number of nitrogens with two attached hydrogens (primary N) is 1. The van der Waals surface area contributed by atoms with Crippen LogP contribution in [0.1, 0.15) is 12.2 Å². The van der Waals surface area contributed by atoms with Gasteiger partial charge >= 0.3 is 0 Å². The Morgan fingerprint density at radius 2 is 2.14 bits per heavy atom. The van der Waals surface area contributed by atoms with Gasteiger partial charge in [0, 0.05) is 18.0 Å². The molecule has 1 aromatic heterocycles. The van der Waals surface area contributed by atoms with Gasteiger partial charge in [0.25, 0.3) is 0 Å². The summed E-state index contributed by atoms with van der Waals surface area (Å²) in [7, 11) is 0. The average molecular weight is 308 g/mol. The number of halogens is 1. The Hall–Kier alpha value is -1.44. The van der Waals surface area contributed by atoms with E-state index in [1.54, 1.807) is 23.9 Å². The van der Waals surface area contributed by atoms with Crippen LogP contribution in [0.15, 0.2) is 29.4 Å². The van der Waals surface area contributed by atoms with Gasteiger partial charge in [0.2, 0.25) is 0 Å². The highest BCUT2D eigenvalue weighted by molar-refractivity contribution is 7.99. The van der Waals surface area contributed by atoms with Crippen LogP contribution in [0, 0.1) is 11.7 Å². The van der Waals surface area contributed by atoms with E-state index in [0.717, 1.165) is 36.2 Å². The van der Waals surface area contributed by atoms with Crippen LogP contribution in [0.5, 0.6) is 0 Å². The summed E-state index contributed by atoms with van der Waals surface area (Å²) in [5.41, 5.74) is 6.55. The molecule has 0 radical (unpaired) electrons. The largest absolute Gasteiger partial charge is 0.381 e. The van der Waals surface area contributed by atoms with Gasteiger partial charge in [0.1, 0.15) is 5.82 Å². The van der Waals surface area contributed by atoms with Gasteiger partial charge in [0.15, 0.2) is 11.0 Å². The molecule has 1 aliphatic heterocycles. The second-order valence-corrected chi connectivity index (χ2v) is 5.94. The molecule has 0 saturated carbocycles. The first-order valence-corrected chi connectivity index (χ1v) is 7.87. The topological polar surface area (TPSA) is 66.0 Å². The molecule has 3 rings (SSSR count). The molecule has 0 bridgehead atoms. The SMILES string of the molecule is NCc1nnc(SC[C@@H]2CCOC2)n1-c1ccc(F)cc1. The fourth-order valence-electron chi connectivity index (χ4n) is 2.28. The molecule has 2 heterocycles. The Morgan fingerprint density at radius 1 is 1.33 bits per heavy atom. The molecule has 0 aliphatic carbocycles. The molecule has 112 valence electrons. The van der Waals surface area contributed by atoms with Gasteiger partial charge in [0.05, 0.1) is 13.2 Å². The molecule has 1 atom stereocenters. The van der Waals surface area contributed by atoms with Gasteiger partial charge in [-0.15, -0.1) is 10.2 Å².